The van der Waals surface area contributed by atoms with Crippen LogP contribution in [0.3, 0.4) is 0 Å². The molecule has 0 aliphatic carbocycles. The van der Waals surface area contributed by atoms with Gasteiger partial charge in [-0.1, -0.05) is 0 Å². The third kappa shape index (κ3) is 3.27. The Labute approximate surface area is 111 Å². The number of rotatable bonds is 5. The minimum absolute atomic E-state index is 0.148. The summed E-state index contributed by atoms with van der Waals surface area (Å²) in [7, 11) is 1.50. The molecular weight excluding hydrogens is 244 g/mol. The molecule has 2 N–H and O–H groups in total. The topological polar surface area (TPSA) is 90.1 Å². The number of pyridine rings is 1. The number of nitrogen functional groups attached to an aromatic ring is 1. The van der Waals surface area contributed by atoms with Crippen molar-refractivity contribution in [1.29, 1.82) is 0 Å². The van der Waals surface area contributed by atoms with Crippen molar-refractivity contribution in [2.75, 3.05) is 24.3 Å². The fourth-order valence-electron chi connectivity index (χ4n) is 1.63. The minimum Gasteiger partial charge on any atom is -0.467 e. The highest BCUT2D eigenvalue weighted by atomic mass is 16.5. The van der Waals surface area contributed by atoms with E-state index in [4.69, 9.17) is 10.5 Å². The summed E-state index contributed by atoms with van der Waals surface area (Å²) in [5.74, 6) is 0.652. The zero-order chi connectivity index (χ0) is 13.7. The maximum absolute atomic E-state index is 5.64. The standard InChI is InChI=1S/C12H16N6O/c1-3-18(8-9-4-6-14-7-5-9)11-15-10(13)16-12(17-11)19-2/h4-7H,3,8H2,1-2H3,(H2,13,15,16,17). The van der Waals surface area contributed by atoms with Crippen molar-refractivity contribution in [3.05, 3.63) is 30.1 Å². The zero-order valence-electron chi connectivity index (χ0n) is 10.9. The van der Waals surface area contributed by atoms with Gasteiger partial charge in [0.25, 0.3) is 0 Å². The lowest BCUT2D eigenvalue weighted by Crippen LogP contribution is -2.25. The highest BCUT2D eigenvalue weighted by Crippen LogP contribution is 2.15. The highest BCUT2D eigenvalue weighted by molar-refractivity contribution is 5.36. The first-order valence-corrected chi connectivity index (χ1v) is 5.92. The molecule has 7 nitrogen and oxygen atoms in total. The lowest BCUT2D eigenvalue weighted by molar-refractivity contribution is 0.379. The second kappa shape index (κ2) is 5.94. The van der Waals surface area contributed by atoms with Gasteiger partial charge in [-0.05, 0) is 24.6 Å². The van der Waals surface area contributed by atoms with Crippen LogP contribution in [0.4, 0.5) is 11.9 Å². The van der Waals surface area contributed by atoms with Gasteiger partial charge in [0, 0.05) is 25.5 Å². The number of nitrogens with zero attached hydrogens (tertiary/aromatic N) is 5. The number of hydrogen-bond donors (Lipinski definition) is 1. The summed E-state index contributed by atoms with van der Waals surface area (Å²) in [6, 6.07) is 4.12. The van der Waals surface area contributed by atoms with E-state index < -0.39 is 0 Å². The van der Waals surface area contributed by atoms with Gasteiger partial charge < -0.3 is 15.4 Å². The van der Waals surface area contributed by atoms with Gasteiger partial charge in [-0.15, -0.1) is 0 Å². The van der Waals surface area contributed by atoms with Crippen LogP contribution in [-0.2, 0) is 6.54 Å². The van der Waals surface area contributed by atoms with Crippen LogP contribution in [0.2, 0.25) is 0 Å². The molecule has 0 saturated heterocycles. The quantitative estimate of drug-likeness (QED) is 0.853. The average molecular weight is 260 g/mol. The first-order chi connectivity index (χ1) is 9.22. The lowest BCUT2D eigenvalue weighted by Gasteiger charge is -2.20. The Balaban J connectivity index is 2.24. The first kappa shape index (κ1) is 13.0. The van der Waals surface area contributed by atoms with Crippen molar-refractivity contribution in [1.82, 2.24) is 19.9 Å². The van der Waals surface area contributed by atoms with Crippen LogP contribution in [0.5, 0.6) is 6.01 Å². The summed E-state index contributed by atoms with van der Waals surface area (Å²) in [5.41, 5.74) is 6.76. The van der Waals surface area contributed by atoms with E-state index in [-0.39, 0.29) is 12.0 Å². The molecule has 19 heavy (non-hydrogen) atoms. The van der Waals surface area contributed by atoms with Crippen molar-refractivity contribution in [2.24, 2.45) is 0 Å². The second-order valence-electron chi connectivity index (χ2n) is 3.85. The monoisotopic (exact) mass is 260 g/mol. The predicted molar refractivity (Wildman–Crippen MR) is 71.8 cm³/mol. The van der Waals surface area contributed by atoms with E-state index in [2.05, 4.69) is 19.9 Å². The molecule has 0 aliphatic rings. The van der Waals surface area contributed by atoms with Crippen LogP contribution in [0.15, 0.2) is 24.5 Å². The van der Waals surface area contributed by atoms with E-state index in [0.29, 0.717) is 12.5 Å². The minimum atomic E-state index is 0.148. The van der Waals surface area contributed by atoms with E-state index >= 15 is 0 Å². The maximum atomic E-state index is 5.64. The fourth-order valence-corrected chi connectivity index (χ4v) is 1.63. The lowest BCUT2D eigenvalue weighted by atomic mass is 10.2. The molecular formula is C12H16N6O. The van der Waals surface area contributed by atoms with Crippen molar-refractivity contribution < 1.29 is 4.74 Å². The molecule has 0 saturated carbocycles. The summed E-state index contributed by atoms with van der Waals surface area (Å²) in [6.45, 7) is 3.44. The summed E-state index contributed by atoms with van der Waals surface area (Å²) >= 11 is 0. The van der Waals surface area contributed by atoms with Gasteiger partial charge >= 0.3 is 6.01 Å². The molecule has 0 bridgehead atoms. The molecule has 0 radical (unpaired) electrons. The van der Waals surface area contributed by atoms with E-state index in [1.165, 1.54) is 7.11 Å². The molecule has 0 atom stereocenters. The Morgan fingerprint density at radius 1 is 1.21 bits per heavy atom. The van der Waals surface area contributed by atoms with Crippen molar-refractivity contribution >= 4 is 11.9 Å². The van der Waals surface area contributed by atoms with Crippen molar-refractivity contribution in [2.45, 2.75) is 13.5 Å². The van der Waals surface area contributed by atoms with Gasteiger partial charge in [0.1, 0.15) is 0 Å². The highest BCUT2D eigenvalue weighted by Gasteiger charge is 2.12. The van der Waals surface area contributed by atoms with Gasteiger partial charge in [-0.2, -0.15) is 15.0 Å². The predicted octanol–water partition coefficient (Wildman–Crippen LogP) is 0.884. The van der Waals surface area contributed by atoms with Gasteiger partial charge in [0.15, 0.2) is 0 Å². The molecule has 2 aromatic heterocycles. The van der Waals surface area contributed by atoms with E-state index in [1.54, 1.807) is 12.4 Å². The number of ether oxygens (including phenoxy) is 1. The van der Waals surface area contributed by atoms with Crippen LogP contribution in [0.1, 0.15) is 12.5 Å². The summed E-state index contributed by atoms with van der Waals surface area (Å²) in [5, 5.41) is 0. The van der Waals surface area contributed by atoms with Gasteiger partial charge in [0.2, 0.25) is 11.9 Å². The Morgan fingerprint density at radius 2 is 1.95 bits per heavy atom. The summed E-state index contributed by atoms with van der Waals surface area (Å²) < 4.78 is 5.00. The molecule has 2 heterocycles. The van der Waals surface area contributed by atoms with E-state index in [1.807, 2.05) is 24.0 Å². The van der Waals surface area contributed by atoms with Gasteiger partial charge in [0.05, 0.1) is 7.11 Å². The number of nitrogens with two attached hydrogens (primary N) is 1. The molecule has 0 spiro atoms. The number of methoxy groups -OCH3 is 1. The van der Waals surface area contributed by atoms with Gasteiger partial charge in [-0.25, -0.2) is 0 Å². The average Bonchev–Trinajstić information content (AvgIpc) is 2.45. The molecule has 0 amide bonds. The van der Waals surface area contributed by atoms with Crippen LogP contribution in [0.25, 0.3) is 0 Å². The maximum Gasteiger partial charge on any atom is 0.322 e. The Hall–Kier alpha value is -2.44. The van der Waals surface area contributed by atoms with Crippen LogP contribution >= 0.6 is 0 Å². The second-order valence-corrected chi connectivity index (χ2v) is 3.85. The Morgan fingerprint density at radius 3 is 2.58 bits per heavy atom. The fraction of sp³-hybridized carbons (Fsp3) is 0.333. The molecule has 100 valence electrons. The number of hydrogen-bond acceptors (Lipinski definition) is 7. The Bertz CT molecular complexity index is 533. The molecule has 2 aromatic rings. The first-order valence-electron chi connectivity index (χ1n) is 5.92. The normalized spacial score (nSPS) is 10.2. The molecule has 2 rings (SSSR count). The molecule has 0 unspecified atom stereocenters. The smallest absolute Gasteiger partial charge is 0.322 e. The zero-order valence-corrected chi connectivity index (χ0v) is 10.9. The third-order valence-corrected chi connectivity index (χ3v) is 2.59. The molecule has 0 aromatic carbocycles. The van der Waals surface area contributed by atoms with Gasteiger partial charge in [-0.3, -0.25) is 4.98 Å². The summed E-state index contributed by atoms with van der Waals surface area (Å²) in [6.07, 6.45) is 3.51. The largest absolute Gasteiger partial charge is 0.467 e. The van der Waals surface area contributed by atoms with Crippen LogP contribution in [0, 0.1) is 0 Å². The molecule has 7 heteroatoms. The summed E-state index contributed by atoms with van der Waals surface area (Å²) in [4.78, 5) is 18.2. The third-order valence-electron chi connectivity index (χ3n) is 2.59. The Kier molecular flexibility index (Phi) is 4.07. The molecule has 0 aliphatic heterocycles. The van der Waals surface area contributed by atoms with Crippen LogP contribution in [-0.4, -0.2) is 33.6 Å². The van der Waals surface area contributed by atoms with E-state index in [9.17, 15) is 0 Å². The number of aromatic nitrogens is 4. The van der Waals surface area contributed by atoms with Crippen molar-refractivity contribution in [3.63, 3.8) is 0 Å². The molecule has 0 fully saturated rings. The number of anilines is 2. The van der Waals surface area contributed by atoms with Crippen molar-refractivity contribution in [3.8, 4) is 6.01 Å². The van der Waals surface area contributed by atoms with E-state index in [0.717, 1.165) is 12.1 Å². The SMILES string of the molecule is CCN(Cc1ccncc1)c1nc(N)nc(OC)n1. The van der Waals surface area contributed by atoms with Crippen LogP contribution < -0.4 is 15.4 Å².